The quantitative estimate of drug-likeness (QED) is 0.717. The molecule has 2 aromatic carbocycles. The molecule has 128 valence electrons. The average molecular weight is 359 g/mol. The van der Waals surface area contributed by atoms with Gasteiger partial charge in [0.15, 0.2) is 0 Å². The van der Waals surface area contributed by atoms with Gasteiger partial charge in [-0.1, -0.05) is 18.2 Å². The molecule has 0 aliphatic carbocycles. The van der Waals surface area contributed by atoms with Crippen LogP contribution in [0.1, 0.15) is 10.4 Å². The van der Waals surface area contributed by atoms with Crippen molar-refractivity contribution in [2.24, 2.45) is 0 Å². The number of sulfonamides is 1. The van der Waals surface area contributed by atoms with Crippen LogP contribution in [0.2, 0.25) is 0 Å². The van der Waals surface area contributed by atoms with Crippen molar-refractivity contribution in [2.75, 3.05) is 11.4 Å². The van der Waals surface area contributed by atoms with Crippen molar-refractivity contribution in [1.82, 2.24) is 0 Å². The van der Waals surface area contributed by atoms with Gasteiger partial charge in [0.05, 0.1) is 10.6 Å². The number of hydrogen-bond donors (Lipinski definition) is 1. The largest absolute Gasteiger partial charge is 0.477 e. The number of aromatic carboxylic acids is 1. The molecule has 0 saturated carbocycles. The second-order valence-electron chi connectivity index (χ2n) is 5.26. The second-order valence-corrected chi connectivity index (χ2v) is 7.23. The third-order valence-electron chi connectivity index (χ3n) is 3.72. The number of carboxylic acids is 1. The van der Waals surface area contributed by atoms with Crippen LogP contribution < -0.4 is 9.93 Å². The molecule has 0 amide bonds. The van der Waals surface area contributed by atoms with Crippen LogP contribution in [0.25, 0.3) is 11.0 Å². The molecule has 7 nitrogen and oxygen atoms in total. The Hall–Kier alpha value is -3.13. The summed E-state index contributed by atoms with van der Waals surface area (Å²) in [6, 6.07) is 13.5. The van der Waals surface area contributed by atoms with E-state index in [9.17, 15) is 18.0 Å². The Labute approximate surface area is 142 Å². The molecule has 0 atom stereocenters. The van der Waals surface area contributed by atoms with E-state index in [2.05, 4.69) is 0 Å². The van der Waals surface area contributed by atoms with Crippen molar-refractivity contribution in [3.05, 3.63) is 70.6 Å². The predicted octanol–water partition coefficient (Wildman–Crippen LogP) is 2.32. The molecule has 0 aliphatic rings. The number of fused-ring (bicyclic) bond motifs is 1. The minimum atomic E-state index is -3.77. The molecule has 0 spiro atoms. The fourth-order valence-electron chi connectivity index (χ4n) is 2.33. The Morgan fingerprint density at radius 1 is 1.08 bits per heavy atom. The fourth-order valence-corrected chi connectivity index (χ4v) is 3.54. The van der Waals surface area contributed by atoms with Crippen LogP contribution in [0, 0.1) is 0 Å². The first kappa shape index (κ1) is 16.7. The monoisotopic (exact) mass is 359 g/mol. The lowest BCUT2D eigenvalue weighted by molar-refractivity contribution is 0.0692. The van der Waals surface area contributed by atoms with Gasteiger partial charge in [0.25, 0.3) is 10.0 Å². The molecule has 1 aromatic heterocycles. The topological polar surface area (TPSA) is 105 Å². The summed E-state index contributed by atoms with van der Waals surface area (Å²) < 4.78 is 31.3. The van der Waals surface area contributed by atoms with Crippen LogP contribution in [0.5, 0.6) is 0 Å². The molecule has 1 heterocycles. The zero-order chi connectivity index (χ0) is 18.2. The van der Waals surface area contributed by atoms with E-state index in [1.165, 1.54) is 43.4 Å². The minimum Gasteiger partial charge on any atom is -0.477 e. The Morgan fingerprint density at radius 3 is 2.40 bits per heavy atom. The second kappa shape index (κ2) is 6.06. The molecule has 0 bridgehead atoms. The van der Waals surface area contributed by atoms with Gasteiger partial charge in [-0.2, -0.15) is 0 Å². The highest BCUT2D eigenvalue weighted by Crippen LogP contribution is 2.25. The SMILES string of the molecule is CN(c1ccc2cc(C(=O)O)c(=O)oc2c1)S(=O)(=O)c1ccccc1. The Balaban J connectivity index is 2.09. The van der Waals surface area contributed by atoms with Gasteiger partial charge in [0.2, 0.25) is 0 Å². The number of carboxylic acid groups (broad SMARTS) is 1. The van der Waals surface area contributed by atoms with E-state index in [-0.39, 0.29) is 16.2 Å². The van der Waals surface area contributed by atoms with Crippen molar-refractivity contribution in [2.45, 2.75) is 4.90 Å². The number of carbonyl (C=O) groups is 1. The normalized spacial score (nSPS) is 11.4. The van der Waals surface area contributed by atoms with Gasteiger partial charge in [-0.05, 0) is 30.3 Å². The smallest absolute Gasteiger partial charge is 0.351 e. The van der Waals surface area contributed by atoms with E-state index in [0.717, 1.165) is 4.31 Å². The van der Waals surface area contributed by atoms with Crippen LogP contribution in [-0.2, 0) is 10.0 Å². The first-order chi connectivity index (χ1) is 11.8. The molecule has 0 fully saturated rings. The lowest BCUT2D eigenvalue weighted by atomic mass is 10.1. The first-order valence-electron chi connectivity index (χ1n) is 7.16. The Morgan fingerprint density at radius 2 is 1.76 bits per heavy atom. The van der Waals surface area contributed by atoms with E-state index in [1.54, 1.807) is 18.2 Å². The van der Waals surface area contributed by atoms with Gasteiger partial charge < -0.3 is 9.52 Å². The molecule has 3 rings (SSSR count). The lowest BCUT2D eigenvalue weighted by Gasteiger charge is -2.19. The zero-order valence-corrected chi connectivity index (χ0v) is 13.9. The summed E-state index contributed by atoms with van der Waals surface area (Å²) in [6.07, 6.45) is 0. The summed E-state index contributed by atoms with van der Waals surface area (Å²) in [7, 11) is -2.39. The molecule has 0 radical (unpaired) electrons. The maximum Gasteiger partial charge on any atom is 0.351 e. The number of hydrogen-bond acceptors (Lipinski definition) is 5. The summed E-state index contributed by atoms with van der Waals surface area (Å²) in [5.41, 5.74) is -1.10. The van der Waals surface area contributed by atoms with Crippen LogP contribution in [0.15, 0.2) is 68.7 Å². The summed E-state index contributed by atoms with van der Waals surface area (Å²) in [5.74, 6) is -1.39. The van der Waals surface area contributed by atoms with Crippen LogP contribution >= 0.6 is 0 Å². The third kappa shape index (κ3) is 2.99. The number of anilines is 1. The first-order valence-corrected chi connectivity index (χ1v) is 8.60. The van der Waals surface area contributed by atoms with Crippen molar-refractivity contribution >= 4 is 32.6 Å². The van der Waals surface area contributed by atoms with Gasteiger partial charge in [0, 0.05) is 18.5 Å². The van der Waals surface area contributed by atoms with Gasteiger partial charge in [-0.15, -0.1) is 0 Å². The third-order valence-corrected chi connectivity index (χ3v) is 5.51. The van der Waals surface area contributed by atoms with E-state index >= 15 is 0 Å². The zero-order valence-electron chi connectivity index (χ0n) is 13.0. The molecule has 0 unspecified atom stereocenters. The standard InChI is InChI=1S/C17H13NO6S/c1-18(25(22,23)13-5-3-2-4-6-13)12-8-7-11-9-14(16(19)20)17(21)24-15(11)10-12/h2-10H,1H3,(H,19,20). The highest BCUT2D eigenvalue weighted by Gasteiger charge is 2.21. The molecule has 0 saturated heterocycles. The summed E-state index contributed by atoms with van der Waals surface area (Å²) in [5, 5.41) is 9.33. The predicted molar refractivity (Wildman–Crippen MR) is 91.5 cm³/mol. The summed E-state index contributed by atoms with van der Waals surface area (Å²) in [6.45, 7) is 0. The van der Waals surface area contributed by atoms with Gasteiger partial charge in [0.1, 0.15) is 11.1 Å². The lowest BCUT2D eigenvalue weighted by Crippen LogP contribution is -2.26. The number of rotatable bonds is 4. The van der Waals surface area contributed by atoms with Gasteiger partial charge >= 0.3 is 11.6 Å². The molecular formula is C17H13NO6S. The van der Waals surface area contributed by atoms with Crippen LogP contribution in [-0.4, -0.2) is 26.5 Å². The van der Waals surface area contributed by atoms with E-state index < -0.39 is 27.2 Å². The van der Waals surface area contributed by atoms with Crippen molar-refractivity contribution in [3.8, 4) is 0 Å². The van der Waals surface area contributed by atoms with E-state index in [0.29, 0.717) is 5.39 Å². The Kier molecular flexibility index (Phi) is 4.05. The van der Waals surface area contributed by atoms with Gasteiger partial charge in [-0.25, -0.2) is 18.0 Å². The van der Waals surface area contributed by atoms with Crippen molar-refractivity contribution < 1.29 is 22.7 Å². The van der Waals surface area contributed by atoms with Crippen molar-refractivity contribution in [3.63, 3.8) is 0 Å². The molecular weight excluding hydrogens is 346 g/mol. The minimum absolute atomic E-state index is 0.0996. The van der Waals surface area contributed by atoms with Crippen molar-refractivity contribution in [1.29, 1.82) is 0 Å². The van der Waals surface area contributed by atoms with Crippen LogP contribution in [0.4, 0.5) is 5.69 Å². The Bertz CT molecular complexity index is 1120. The van der Waals surface area contributed by atoms with Crippen LogP contribution in [0.3, 0.4) is 0 Å². The van der Waals surface area contributed by atoms with Gasteiger partial charge in [-0.3, -0.25) is 4.31 Å². The number of nitrogens with zero attached hydrogens (tertiary/aromatic N) is 1. The molecule has 1 N–H and O–H groups in total. The molecule has 25 heavy (non-hydrogen) atoms. The number of benzene rings is 2. The highest BCUT2D eigenvalue weighted by atomic mass is 32.2. The average Bonchev–Trinajstić information content (AvgIpc) is 2.60. The maximum atomic E-state index is 12.6. The maximum absolute atomic E-state index is 12.6. The summed E-state index contributed by atoms with van der Waals surface area (Å²) >= 11 is 0. The molecule has 0 aliphatic heterocycles. The van der Waals surface area contributed by atoms with E-state index in [4.69, 9.17) is 9.52 Å². The fraction of sp³-hybridized carbons (Fsp3) is 0.0588. The summed E-state index contributed by atoms with van der Waals surface area (Å²) in [4.78, 5) is 22.8. The van der Waals surface area contributed by atoms with E-state index in [1.807, 2.05) is 0 Å². The molecule has 3 aromatic rings. The highest BCUT2D eigenvalue weighted by molar-refractivity contribution is 7.92. The molecule has 8 heteroatoms.